The molecule has 1 aromatic carbocycles. The number of nitrogens with zero attached hydrogens (tertiary/aromatic N) is 1. The number of imide groups is 1. The molecule has 1 aliphatic heterocycles. The van der Waals surface area contributed by atoms with Crippen molar-refractivity contribution in [1.82, 2.24) is 4.90 Å². The first-order valence-corrected chi connectivity index (χ1v) is 7.02. The molecule has 5 nitrogen and oxygen atoms in total. The average Bonchev–Trinajstić information content (AvgIpc) is 2.74. The summed E-state index contributed by atoms with van der Waals surface area (Å²) in [6.45, 7) is -0.209. The second-order valence-corrected chi connectivity index (χ2v) is 5.33. The number of anilines is 1. The number of allylic oxidation sites excluding steroid dienone is 2. The zero-order valence-corrected chi connectivity index (χ0v) is 11.5. The number of carbonyl (C=O) groups is 3. The van der Waals surface area contributed by atoms with Gasteiger partial charge in [-0.1, -0.05) is 30.4 Å². The molecule has 0 spiro atoms. The van der Waals surface area contributed by atoms with Gasteiger partial charge in [0.2, 0.25) is 17.7 Å². The first kappa shape index (κ1) is 13.5. The number of carbonyl (C=O) groups excluding carboxylic acids is 3. The highest BCUT2D eigenvalue weighted by Gasteiger charge is 2.47. The van der Waals surface area contributed by atoms with Crippen LogP contribution in [0.15, 0.2) is 42.5 Å². The van der Waals surface area contributed by atoms with Crippen LogP contribution in [0, 0.1) is 11.8 Å². The lowest BCUT2D eigenvalue weighted by molar-refractivity contribution is -0.142. The summed E-state index contributed by atoms with van der Waals surface area (Å²) >= 11 is 0. The van der Waals surface area contributed by atoms with Crippen molar-refractivity contribution in [2.24, 2.45) is 11.8 Å². The average molecular weight is 284 g/mol. The minimum Gasteiger partial charge on any atom is -0.325 e. The normalized spacial score (nSPS) is 24.1. The topological polar surface area (TPSA) is 66.5 Å². The Morgan fingerprint density at radius 1 is 1.05 bits per heavy atom. The summed E-state index contributed by atoms with van der Waals surface area (Å²) in [6.07, 6.45) is 5.04. The molecule has 108 valence electrons. The Hall–Kier alpha value is -2.43. The van der Waals surface area contributed by atoms with E-state index < -0.39 is 0 Å². The van der Waals surface area contributed by atoms with Gasteiger partial charge < -0.3 is 5.32 Å². The summed E-state index contributed by atoms with van der Waals surface area (Å²) in [5, 5.41) is 2.69. The van der Waals surface area contributed by atoms with E-state index >= 15 is 0 Å². The van der Waals surface area contributed by atoms with Crippen LogP contribution in [0.3, 0.4) is 0 Å². The largest absolute Gasteiger partial charge is 0.325 e. The van der Waals surface area contributed by atoms with Gasteiger partial charge in [0.1, 0.15) is 6.54 Å². The minimum absolute atomic E-state index is 0.209. The standard InChI is InChI=1S/C16H16N2O3/c19-14(17-11-6-2-1-3-7-11)10-18-15(20)12-8-4-5-9-13(12)16(18)21/h1-7,12-13H,8-10H2,(H,17,19)/t12-,13+. The maximum atomic E-state index is 12.2. The molecule has 1 saturated heterocycles. The van der Waals surface area contributed by atoms with E-state index in [1.54, 1.807) is 12.1 Å². The number of benzene rings is 1. The zero-order valence-electron chi connectivity index (χ0n) is 11.5. The van der Waals surface area contributed by atoms with Gasteiger partial charge in [-0.05, 0) is 25.0 Å². The fraction of sp³-hybridized carbons (Fsp3) is 0.312. The molecule has 0 radical (unpaired) electrons. The summed E-state index contributed by atoms with van der Waals surface area (Å²) in [5.41, 5.74) is 0.653. The number of amides is 3. The van der Waals surface area contributed by atoms with Gasteiger partial charge in [0.25, 0.3) is 0 Å². The van der Waals surface area contributed by atoms with Crippen LogP contribution >= 0.6 is 0 Å². The Morgan fingerprint density at radius 3 is 2.19 bits per heavy atom. The molecule has 0 unspecified atom stereocenters. The van der Waals surface area contributed by atoms with E-state index in [0.29, 0.717) is 18.5 Å². The highest BCUT2D eigenvalue weighted by Crippen LogP contribution is 2.34. The Balaban J connectivity index is 1.66. The van der Waals surface area contributed by atoms with Crippen LogP contribution in [0.1, 0.15) is 12.8 Å². The van der Waals surface area contributed by atoms with Crippen LogP contribution in [-0.2, 0) is 14.4 Å². The molecular formula is C16H16N2O3. The number of nitrogens with one attached hydrogen (secondary N) is 1. The fourth-order valence-corrected chi connectivity index (χ4v) is 2.89. The molecule has 1 N–H and O–H groups in total. The van der Waals surface area contributed by atoms with E-state index in [-0.39, 0.29) is 36.1 Å². The number of likely N-dealkylation sites (tertiary alicyclic amines) is 1. The van der Waals surface area contributed by atoms with Crippen molar-refractivity contribution < 1.29 is 14.4 Å². The minimum atomic E-state index is -0.352. The first-order chi connectivity index (χ1) is 10.2. The van der Waals surface area contributed by atoms with E-state index in [4.69, 9.17) is 0 Å². The monoisotopic (exact) mass is 284 g/mol. The molecule has 0 saturated carbocycles. The Bertz CT molecular complexity index is 583. The predicted molar refractivity (Wildman–Crippen MR) is 77.1 cm³/mol. The van der Waals surface area contributed by atoms with Crippen molar-refractivity contribution in [3.05, 3.63) is 42.5 Å². The quantitative estimate of drug-likeness (QED) is 0.677. The van der Waals surface area contributed by atoms with Gasteiger partial charge in [-0.2, -0.15) is 0 Å². The van der Waals surface area contributed by atoms with Gasteiger partial charge in [-0.25, -0.2) is 0 Å². The summed E-state index contributed by atoms with van der Waals surface area (Å²) in [4.78, 5) is 37.5. The number of hydrogen-bond donors (Lipinski definition) is 1. The first-order valence-electron chi connectivity index (χ1n) is 7.02. The Morgan fingerprint density at radius 2 is 1.62 bits per heavy atom. The predicted octanol–water partition coefficient (Wildman–Crippen LogP) is 1.58. The van der Waals surface area contributed by atoms with Crippen LogP contribution in [0.4, 0.5) is 5.69 Å². The van der Waals surface area contributed by atoms with E-state index in [0.717, 1.165) is 4.90 Å². The second kappa shape index (κ2) is 5.52. The summed E-state index contributed by atoms with van der Waals surface area (Å²) in [6, 6.07) is 8.98. The van der Waals surface area contributed by atoms with Crippen LogP contribution in [0.25, 0.3) is 0 Å². The summed E-state index contributed by atoms with van der Waals surface area (Å²) in [7, 11) is 0. The van der Waals surface area contributed by atoms with Crippen molar-refractivity contribution in [2.45, 2.75) is 12.8 Å². The molecule has 21 heavy (non-hydrogen) atoms. The third-order valence-corrected chi connectivity index (χ3v) is 3.96. The number of rotatable bonds is 3. The molecule has 2 atom stereocenters. The van der Waals surface area contributed by atoms with Crippen LogP contribution in [0.5, 0.6) is 0 Å². The van der Waals surface area contributed by atoms with Crippen molar-refractivity contribution in [2.75, 3.05) is 11.9 Å². The van der Waals surface area contributed by atoms with Crippen molar-refractivity contribution in [3.8, 4) is 0 Å². The van der Waals surface area contributed by atoms with E-state index in [1.807, 2.05) is 30.4 Å². The Kier molecular flexibility index (Phi) is 3.56. The van der Waals surface area contributed by atoms with Gasteiger partial charge in [0.05, 0.1) is 11.8 Å². The molecule has 0 aromatic heterocycles. The maximum absolute atomic E-state index is 12.2. The highest BCUT2D eigenvalue weighted by atomic mass is 16.2. The molecule has 2 aliphatic rings. The molecule has 5 heteroatoms. The van der Waals surface area contributed by atoms with E-state index in [9.17, 15) is 14.4 Å². The lowest BCUT2D eigenvalue weighted by Gasteiger charge is -2.14. The number of fused-ring (bicyclic) bond motifs is 1. The fourth-order valence-electron chi connectivity index (χ4n) is 2.89. The molecule has 1 fully saturated rings. The third kappa shape index (κ3) is 2.59. The smallest absolute Gasteiger partial charge is 0.244 e. The van der Waals surface area contributed by atoms with Gasteiger partial charge in [0.15, 0.2) is 0 Å². The second-order valence-electron chi connectivity index (χ2n) is 5.33. The number of hydrogen-bond acceptors (Lipinski definition) is 3. The molecule has 3 amide bonds. The van der Waals surface area contributed by atoms with Gasteiger partial charge >= 0.3 is 0 Å². The Labute approximate surface area is 122 Å². The van der Waals surface area contributed by atoms with Crippen molar-refractivity contribution in [1.29, 1.82) is 0 Å². The molecule has 1 aromatic rings. The van der Waals surface area contributed by atoms with E-state index in [1.165, 1.54) is 0 Å². The molecule has 3 rings (SSSR count). The summed E-state index contributed by atoms with van der Waals surface area (Å²) in [5.74, 6) is -1.37. The third-order valence-electron chi connectivity index (χ3n) is 3.96. The van der Waals surface area contributed by atoms with Gasteiger partial charge in [0, 0.05) is 5.69 Å². The maximum Gasteiger partial charge on any atom is 0.244 e. The van der Waals surface area contributed by atoms with E-state index in [2.05, 4.69) is 5.32 Å². The van der Waals surface area contributed by atoms with Crippen LogP contribution in [-0.4, -0.2) is 29.2 Å². The zero-order chi connectivity index (χ0) is 14.8. The molecule has 1 aliphatic carbocycles. The van der Waals surface area contributed by atoms with Crippen LogP contribution < -0.4 is 5.32 Å². The van der Waals surface area contributed by atoms with Crippen LogP contribution in [0.2, 0.25) is 0 Å². The van der Waals surface area contributed by atoms with Crippen molar-refractivity contribution >= 4 is 23.4 Å². The summed E-state index contributed by atoms with van der Waals surface area (Å²) < 4.78 is 0. The number of para-hydroxylation sites is 1. The van der Waals surface area contributed by atoms with Crippen molar-refractivity contribution in [3.63, 3.8) is 0 Å². The molecule has 0 bridgehead atoms. The lowest BCUT2D eigenvalue weighted by atomic mass is 9.85. The molecule has 1 heterocycles. The SMILES string of the molecule is O=C(CN1C(=O)[C@H]2CC=CC[C@H]2C1=O)Nc1ccccc1. The van der Waals surface area contributed by atoms with Gasteiger partial charge in [-0.3, -0.25) is 19.3 Å². The van der Waals surface area contributed by atoms with Gasteiger partial charge in [-0.15, -0.1) is 0 Å². The highest BCUT2D eigenvalue weighted by molar-refractivity contribution is 6.08. The lowest BCUT2D eigenvalue weighted by Crippen LogP contribution is -2.38. The molecular weight excluding hydrogens is 268 g/mol.